The Morgan fingerprint density at radius 1 is 1.32 bits per heavy atom. The molecule has 106 valence electrons. The average Bonchev–Trinajstić information content (AvgIpc) is 2.73. The molecule has 4 nitrogen and oxygen atoms in total. The van der Waals surface area contributed by atoms with Crippen molar-refractivity contribution in [3.8, 4) is 0 Å². The van der Waals surface area contributed by atoms with Gasteiger partial charge >= 0.3 is 12.1 Å². The van der Waals surface area contributed by atoms with Crippen LogP contribution in [0.4, 0.5) is 13.2 Å². The van der Waals surface area contributed by atoms with Gasteiger partial charge in [0.1, 0.15) is 0 Å². The van der Waals surface area contributed by atoms with Crippen molar-refractivity contribution >= 4 is 11.8 Å². The number of halogens is 3. The van der Waals surface area contributed by atoms with E-state index in [4.69, 9.17) is 0 Å². The second-order valence-electron chi connectivity index (χ2n) is 4.77. The first-order chi connectivity index (χ1) is 8.58. The number of esters is 1. The monoisotopic (exact) mass is 277 g/mol. The maximum atomic E-state index is 12.2. The van der Waals surface area contributed by atoms with E-state index in [2.05, 4.69) is 4.74 Å². The molecule has 1 rings (SSSR count). The number of ketones is 1. The highest BCUT2D eigenvalue weighted by Gasteiger charge is 2.39. The van der Waals surface area contributed by atoms with E-state index in [-0.39, 0.29) is 6.54 Å². The Bertz CT molecular complexity index is 489. The summed E-state index contributed by atoms with van der Waals surface area (Å²) in [6, 6.07) is 1.07. The number of carbonyl (C=O) groups excluding carboxylic acids is 2. The molecule has 1 heterocycles. The van der Waals surface area contributed by atoms with Gasteiger partial charge in [-0.1, -0.05) is 0 Å². The van der Waals surface area contributed by atoms with Crippen LogP contribution in [0.25, 0.3) is 0 Å². The lowest BCUT2D eigenvalue weighted by molar-refractivity contribution is -0.151. The second-order valence-corrected chi connectivity index (χ2v) is 4.77. The molecule has 0 fully saturated rings. The smallest absolute Gasteiger partial charge is 0.454 e. The first-order valence-corrected chi connectivity index (χ1v) is 5.43. The normalized spacial score (nSPS) is 12.3. The number of hydrogen-bond donors (Lipinski definition) is 0. The number of rotatable bonds is 4. The van der Waals surface area contributed by atoms with Crippen molar-refractivity contribution < 1.29 is 27.5 Å². The van der Waals surface area contributed by atoms with E-state index < -0.39 is 28.9 Å². The molecule has 19 heavy (non-hydrogen) atoms. The topological polar surface area (TPSA) is 48.3 Å². The van der Waals surface area contributed by atoms with Gasteiger partial charge in [-0.15, -0.1) is 0 Å². The van der Waals surface area contributed by atoms with Crippen molar-refractivity contribution in [1.29, 1.82) is 0 Å². The Hall–Kier alpha value is -1.79. The summed E-state index contributed by atoms with van der Waals surface area (Å²) in [5.41, 5.74) is -1.35. The molecule has 0 unspecified atom stereocenters. The van der Waals surface area contributed by atoms with E-state index in [9.17, 15) is 22.8 Å². The third-order valence-electron chi connectivity index (χ3n) is 2.59. The Balaban J connectivity index is 2.87. The number of nitrogens with zero attached hydrogens (tertiary/aromatic N) is 1. The number of aromatic nitrogens is 1. The molecule has 0 saturated carbocycles. The minimum atomic E-state index is -4.90. The van der Waals surface area contributed by atoms with Gasteiger partial charge in [0.05, 0.1) is 12.5 Å². The third kappa shape index (κ3) is 3.59. The van der Waals surface area contributed by atoms with Crippen LogP contribution in [0.15, 0.2) is 18.5 Å². The number of alkyl halides is 3. The first kappa shape index (κ1) is 15.3. The van der Waals surface area contributed by atoms with Crippen molar-refractivity contribution in [2.24, 2.45) is 5.41 Å². The third-order valence-corrected chi connectivity index (χ3v) is 2.59. The summed E-state index contributed by atoms with van der Waals surface area (Å²) in [6.45, 7) is 3.32. The van der Waals surface area contributed by atoms with Crippen molar-refractivity contribution in [3.63, 3.8) is 0 Å². The van der Waals surface area contributed by atoms with Crippen LogP contribution >= 0.6 is 0 Å². The molecule has 0 N–H and O–H groups in total. The number of ether oxygens (including phenoxy) is 1. The van der Waals surface area contributed by atoms with Crippen LogP contribution in [-0.2, 0) is 16.1 Å². The van der Waals surface area contributed by atoms with Gasteiger partial charge in [-0.25, -0.2) is 0 Å². The zero-order valence-electron chi connectivity index (χ0n) is 10.7. The van der Waals surface area contributed by atoms with Gasteiger partial charge in [-0.3, -0.25) is 9.59 Å². The van der Waals surface area contributed by atoms with Crippen LogP contribution in [0.5, 0.6) is 0 Å². The minimum absolute atomic E-state index is 0.116. The maximum absolute atomic E-state index is 12.2. The van der Waals surface area contributed by atoms with Crippen LogP contribution < -0.4 is 0 Å². The molecule has 0 saturated heterocycles. The molecule has 0 aliphatic rings. The number of hydrogen-bond acceptors (Lipinski definition) is 3. The molecule has 7 heteroatoms. The Morgan fingerprint density at radius 3 is 2.37 bits per heavy atom. The molecule has 0 atom stereocenters. The molecule has 0 bridgehead atoms. The van der Waals surface area contributed by atoms with Gasteiger partial charge in [-0.2, -0.15) is 13.2 Å². The Labute approximate surface area is 108 Å². The highest BCUT2D eigenvalue weighted by Crippen LogP contribution is 2.24. The summed E-state index contributed by atoms with van der Waals surface area (Å²) in [6.07, 6.45) is -2.51. The van der Waals surface area contributed by atoms with Gasteiger partial charge in [0.25, 0.3) is 5.78 Å². The number of carbonyl (C=O) groups is 2. The number of methoxy groups -OCH3 is 1. The molecule has 0 radical (unpaired) electrons. The molecule has 0 aliphatic carbocycles. The minimum Gasteiger partial charge on any atom is -0.469 e. The highest BCUT2D eigenvalue weighted by molar-refractivity contribution is 6.00. The lowest BCUT2D eigenvalue weighted by Crippen LogP contribution is -2.30. The Morgan fingerprint density at radius 2 is 1.89 bits per heavy atom. The van der Waals surface area contributed by atoms with E-state index in [0.717, 1.165) is 12.3 Å². The molecule has 0 aromatic carbocycles. The summed E-state index contributed by atoms with van der Waals surface area (Å²) in [5, 5.41) is 0. The van der Waals surface area contributed by atoms with Crippen LogP contribution in [0.3, 0.4) is 0 Å². The predicted molar refractivity (Wildman–Crippen MR) is 60.6 cm³/mol. The van der Waals surface area contributed by atoms with Gasteiger partial charge in [0.15, 0.2) is 0 Å². The summed E-state index contributed by atoms with van der Waals surface area (Å²) in [5.74, 6) is -2.38. The lowest BCUT2D eigenvalue weighted by atomic mass is 9.94. The van der Waals surface area contributed by atoms with Crippen molar-refractivity contribution in [2.75, 3.05) is 7.11 Å². The molecule has 0 aliphatic heterocycles. The predicted octanol–water partition coefficient (Wildman–Crippen LogP) is 2.43. The van der Waals surface area contributed by atoms with E-state index in [0.29, 0.717) is 0 Å². The standard InChI is InChI=1S/C12H14F3NO3/c1-11(2,10(18)19-3)7-16-5-4-8(6-16)9(17)12(13,14)15/h4-6H,7H2,1-3H3. The van der Waals surface area contributed by atoms with Gasteiger partial charge in [0, 0.05) is 24.5 Å². The van der Waals surface area contributed by atoms with Gasteiger partial charge < -0.3 is 9.30 Å². The van der Waals surface area contributed by atoms with Crippen molar-refractivity contribution in [3.05, 3.63) is 24.0 Å². The van der Waals surface area contributed by atoms with E-state index in [1.807, 2.05) is 0 Å². The molecule has 0 amide bonds. The quantitative estimate of drug-likeness (QED) is 0.627. The first-order valence-electron chi connectivity index (χ1n) is 5.43. The lowest BCUT2D eigenvalue weighted by Gasteiger charge is -2.21. The second kappa shape index (κ2) is 5.07. The van der Waals surface area contributed by atoms with Gasteiger partial charge in [-0.05, 0) is 19.9 Å². The maximum Gasteiger partial charge on any atom is 0.454 e. The van der Waals surface area contributed by atoms with E-state index in [1.165, 1.54) is 17.9 Å². The summed E-state index contributed by atoms with van der Waals surface area (Å²) < 4.78 is 42.6. The van der Waals surface area contributed by atoms with Crippen LogP contribution in [0.2, 0.25) is 0 Å². The molecule has 1 aromatic rings. The van der Waals surface area contributed by atoms with Crippen molar-refractivity contribution in [2.45, 2.75) is 26.6 Å². The average molecular weight is 277 g/mol. The zero-order chi connectivity index (χ0) is 14.8. The van der Waals surface area contributed by atoms with Crippen LogP contribution in [0.1, 0.15) is 24.2 Å². The fraction of sp³-hybridized carbons (Fsp3) is 0.500. The summed E-state index contributed by atoms with van der Waals surface area (Å²) >= 11 is 0. The molecule has 0 spiro atoms. The van der Waals surface area contributed by atoms with Crippen molar-refractivity contribution in [1.82, 2.24) is 4.57 Å². The molecular formula is C12H14F3NO3. The van der Waals surface area contributed by atoms with Crippen LogP contribution in [0, 0.1) is 5.41 Å². The zero-order valence-corrected chi connectivity index (χ0v) is 10.7. The fourth-order valence-corrected chi connectivity index (χ4v) is 1.63. The van der Waals surface area contributed by atoms with Crippen LogP contribution in [-0.4, -0.2) is 29.6 Å². The molecular weight excluding hydrogens is 263 g/mol. The van der Waals surface area contributed by atoms with E-state index in [1.54, 1.807) is 13.8 Å². The largest absolute Gasteiger partial charge is 0.469 e. The fourth-order valence-electron chi connectivity index (χ4n) is 1.63. The highest BCUT2D eigenvalue weighted by atomic mass is 19.4. The Kier molecular flexibility index (Phi) is 4.07. The molecule has 1 aromatic heterocycles. The summed E-state index contributed by atoms with van der Waals surface area (Å²) in [7, 11) is 1.23. The van der Waals surface area contributed by atoms with E-state index >= 15 is 0 Å². The SMILES string of the molecule is COC(=O)C(C)(C)Cn1ccc(C(=O)C(F)(F)F)c1. The van der Waals surface area contributed by atoms with Gasteiger partial charge in [0.2, 0.25) is 0 Å². The number of Topliss-reactive ketones (excluding diaryl/α,β-unsaturated/α-hetero) is 1. The summed E-state index contributed by atoms with van der Waals surface area (Å²) in [4.78, 5) is 22.5.